The molecule has 0 radical (unpaired) electrons. The number of hydrogen-bond acceptors (Lipinski definition) is 3. The zero-order valence-electron chi connectivity index (χ0n) is 17.1. The summed E-state index contributed by atoms with van der Waals surface area (Å²) in [6.45, 7) is 0. The molecule has 5 heteroatoms. The molecule has 7 rings (SSSR count). The van der Waals surface area contributed by atoms with Gasteiger partial charge in [0.1, 0.15) is 22.9 Å². The van der Waals surface area contributed by atoms with E-state index in [2.05, 4.69) is 69.8 Å². The van der Waals surface area contributed by atoms with E-state index in [1.165, 1.54) is 10.8 Å². The number of aromatic nitrogens is 5. The van der Waals surface area contributed by atoms with Crippen molar-refractivity contribution in [1.82, 2.24) is 24.1 Å². The fourth-order valence-electron chi connectivity index (χ4n) is 4.72. The van der Waals surface area contributed by atoms with Crippen LogP contribution in [0.3, 0.4) is 0 Å². The van der Waals surface area contributed by atoms with Crippen LogP contribution in [0.2, 0.25) is 0 Å². The van der Waals surface area contributed by atoms with Gasteiger partial charge >= 0.3 is 0 Å². The van der Waals surface area contributed by atoms with Crippen molar-refractivity contribution in [2.24, 2.45) is 0 Å². The van der Waals surface area contributed by atoms with E-state index in [4.69, 9.17) is 15.0 Å². The summed E-state index contributed by atoms with van der Waals surface area (Å²) in [5.41, 5.74) is 3.98. The summed E-state index contributed by atoms with van der Waals surface area (Å²) in [7, 11) is 0. The lowest BCUT2D eigenvalue weighted by molar-refractivity contribution is 0.995. The van der Waals surface area contributed by atoms with E-state index in [1.54, 1.807) is 0 Å². The van der Waals surface area contributed by atoms with Gasteiger partial charge in [0.25, 0.3) is 0 Å². The molecule has 150 valence electrons. The van der Waals surface area contributed by atoms with Crippen LogP contribution in [0.25, 0.3) is 55.5 Å². The largest absolute Gasteiger partial charge is 0.278 e. The second-order valence-corrected chi connectivity index (χ2v) is 7.81. The molecule has 0 fully saturated rings. The molecule has 0 N–H and O–H groups in total. The molecule has 5 heterocycles. The van der Waals surface area contributed by atoms with Crippen molar-refractivity contribution in [3.63, 3.8) is 0 Å². The molecule has 0 atom stereocenters. The van der Waals surface area contributed by atoms with Crippen molar-refractivity contribution >= 4 is 43.9 Å². The summed E-state index contributed by atoms with van der Waals surface area (Å²) >= 11 is 0. The Bertz CT molecular complexity index is 1560. The Morgan fingerprint density at radius 1 is 0.438 bits per heavy atom. The van der Waals surface area contributed by atoms with E-state index in [9.17, 15) is 0 Å². The molecule has 0 saturated carbocycles. The summed E-state index contributed by atoms with van der Waals surface area (Å²) in [4.78, 5) is 14.5. The molecule has 0 unspecified atom stereocenters. The molecule has 0 spiro atoms. The van der Waals surface area contributed by atoms with Crippen LogP contribution in [0.15, 0.2) is 103 Å². The molecule has 5 aromatic heterocycles. The number of pyridine rings is 3. The topological polar surface area (TPSA) is 48.5 Å². The number of nitrogens with zero attached hydrogens (tertiary/aromatic N) is 5. The third-order valence-electron chi connectivity index (χ3n) is 6.05. The summed E-state index contributed by atoms with van der Waals surface area (Å²) in [6.07, 6.45) is 3.66. The van der Waals surface area contributed by atoms with Gasteiger partial charge in [0.05, 0.1) is 11.0 Å². The zero-order chi connectivity index (χ0) is 21.1. The van der Waals surface area contributed by atoms with Crippen molar-refractivity contribution in [2.45, 2.75) is 0 Å². The second kappa shape index (κ2) is 6.49. The number of benzene rings is 2. The fraction of sp³-hybridized carbons (Fsp3) is 0. The Balaban J connectivity index is 1.55. The van der Waals surface area contributed by atoms with Crippen LogP contribution in [0.5, 0.6) is 0 Å². The van der Waals surface area contributed by atoms with E-state index in [-0.39, 0.29) is 0 Å². The summed E-state index contributed by atoms with van der Waals surface area (Å²) in [6, 6.07) is 31.0. The van der Waals surface area contributed by atoms with Gasteiger partial charge in [-0.1, -0.05) is 42.5 Å². The third-order valence-corrected chi connectivity index (χ3v) is 6.05. The predicted octanol–water partition coefficient (Wildman–Crippen LogP) is 6.07. The average Bonchev–Trinajstić information content (AvgIpc) is 3.37. The van der Waals surface area contributed by atoms with Gasteiger partial charge in [0.15, 0.2) is 0 Å². The van der Waals surface area contributed by atoms with Crippen molar-refractivity contribution in [3.8, 4) is 11.6 Å². The maximum atomic E-state index is 5.10. The van der Waals surface area contributed by atoms with Gasteiger partial charge in [-0.05, 0) is 48.5 Å². The maximum Gasteiger partial charge on any atom is 0.146 e. The molecule has 2 aromatic carbocycles. The molecule has 7 aromatic rings. The van der Waals surface area contributed by atoms with Crippen molar-refractivity contribution in [2.75, 3.05) is 0 Å². The van der Waals surface area contributed by atoms with E-state index < -0.39 is 0 Å². The number of hydrogen-bond donors (Lipinski definition) is 0. The van der Waals surface area contributed by atoms with Crippen LogP contribution in [0, 0.1) is 0 Å². The Labute approximate surface area is 183 Å². The van der Waals surface area contributed by atoms with Crippen LogP contribution in [-0.4, -0.2) is 24.1 Å². The highest BCUT2D eigenvalue weighted by Crippen LogP contribution is 2.32. The monoisotopic (exact) mass is 411 g/mol. The zero-order valence-corrected chi connectivity index (χ0v) is 17.1. The van der Waals surface area contributed by atoms with Crippen LogP contribution < -0.4 is 0 Å². The van der Waals surface area contributed by atoms with Crippen LogP contribution >= 0.6 is 0 Å². The lowest BCUT2D eigenvalue weighted by Crippen LogP contribution is -2.04. The fourth-order valence-corrected chi connectivity index (χ4v) is 4.72. The molecular formula is C27H17N5. The van der Waals surface area contributed by atoms with Crippen molar-refractivity contribution in [1.29, 1.82) is 0 Å². The van der Waals surface area contributed by atoms with E-state index in [0.717, 1.165) is 44.7 Å². The van der Waals surface area contributed by atoms with E-state index >= 15 is 0 Å². The van der Waals surface area contributed by atoms with Crippen LogP contribution in [0.4, 0.5) is 0 Å². The standard InChI is InChI=1S/C27H17N5/c1-3-12-22-18(8-1)20-10-6-16-28-26(20)31(22)24-14-5-15-25(30-24)32-23-13-4-2-9-19(23)21-11-7-17-29-27(21)32/h1-17H. The Kier molecular flexibility index (Phi) is 3.49. The maximum absolute atomic E-state index is 5.10. The van der Waals surface area contributed by atoms with E-state index in [0.29, 0.717) is 0 Å². The third kappa shape index (κ3) is 2.30. The number of para-hydroxylation sites is 2. The summed E-state index contributed by atoms with van der Waals surface area (Å²) < 4.78 is 4.27. The highest BCUT2D eigenvalue weighted by molar-refractivity contribution is 6.08. The Hall–Kier alpha value is -4.51. The minimum Gasteiger partial charge on any atom is -0.278 e. The molecule has 0 aliphatic rings. The van der Waals surface area contributed by atoms with Gasteiger partial charge in [-0.25, -0.2) is 15.0 Å². The molecule has 0 saturated heterocycles. The first-order chi connectivity index (χ1) is 15.9. The normalized spacial score (nSPS) is 11.8. The lowest BCUT2D eigenvalue weighted by atomic mass is 10.2. The van der Waals surface area contributed by atoms with Gasteiger partial charge < -0.3 is 0 Å². The van der Waals surface area contributed by atoms with Gasteiger partial charge in [0, 0.05) is 33.9 Å². The molecule has 0 bridgehead atoms. The summed E-state index contributed by atoms with van der Waals surface area (Å²) in [5.74, 6) is 1.66. The molecule has 5 nitrogen and oxygen atoms in total. The predicted molar refractivity (Wildman–Crippen MR) is 129 cm³/mol. The van der Waals surface area contributed by atoms with E-state index in [1.807, 2.05) is 42.7 Å². The molecular weight excluding hydrogens is 394 g/mol. The van der Waals surface area contributed by atoms with Gasteiger partial charge in [-0.2, -0.15) is 0 Å². The first-order valence-corrected chi connectivity index (χ1v) is 10.6. The summed E-state index contributed by atoms with van der Waals surface area (Å²) in [5, 5.41) is 4.57. The molecule has 0 aliphatic carbocycles. The quantitative estimate of drug-likeness (QED) is 0.347. The molecule has 32 heavy (non-hydrogen) atoms. The Morgan fingerprint density at radius 3 is 1.44 bits per heavy atom. The second-order valence-electron chi connectivity index (χ2n) is 7.81. The van der Waals surface area contributed by atoms with Crippen LogP contribution in [-0.2, 0) is 0 Å². The average molecular weight is 411 g/mol. The van der Waals surface area contributed by atoms with Gasteiger partial charge in [-0.15, -0.1) is 0 Å². The van der Waals surface area contributed by atoms with Crippen molar-refractivity contribution < 1.29 is 0 Å². The van der Waals surface area contributed by atoms with Crippen molar-refractivity contribution in [3.05, 3.63) is 103 Å². The number of fused-ring (bicyclic) bond motifs is 6. The Morgan fingerprint density at radius 2 is 0.906 bits per heavy atom. The SMILES string of the molecule is c1cc(-n2c3ccccc3c3cccnc32)nc(-n2c3ccccc3c3cccnc32)c1. The highest BCUT2D eigenvalue weighted by Gasteiger charge is 2.16. The minimum absolute atomic E-state index is 0.828. The highest BCUT2D eigenvalue weighted by atomic mass is 15.2. The minimum atomic E-state index is 0.828. The smallest absolute Gasteiger partial charge is 0.146 e. The first kappa shape index (κ1) is 17.2. The molecule has 0 aliphatic heterocycles. The van der Waals surface area contributed by atoms with Gasteiger partial charge in [-0.3, -0.25) is 9.13 Å². The van der Waals surface area contributed by atoms with Crippen LogP contribution in [0.1, 0.15) is 0 Å². The van der Waals surface area contributed by atoms with Gasteiger partial charge in [0.2, 0.25) is 0 Å². The molecule has 0 amide bonds. The first-order valence-electron chi connectivity index (χ1n) is 10.6. The number of rotatable bonds is 2. The lowest BCUT2D eigenvalue weighted by Gasteiger charge is -2.10.